The molecule has 3 atom stereocenters. The molecule has 1 aromatic heterocycles. The Bertz CT molecular complexity index is 520. The first-order valence-corrected chi connectivity index (χ1v) is 8.18. The van der Waals surface area contributed by atoms with Crippen molar-refractivity contribution in [2.45, 2.75) is 44.9 Å². The topological polar surface area (TPSA) is 50.6 Å². The van der Waals surface area contributed by atoms with Crippen molar-refractivity contribution in [2.24, 2.45) is 7.05 Å². The molecule has 2 saturated heterocycles. The number of nitrogens with zero attached hydrogens (tertiary/aromatic N) is 4. The lowest BCUT2D eigenvalue weighted by Crippen LogP contribution is -2.51. The average Bonchev–Trinajstić information content (AvgIpc) is 3.06. The maximum Gasteiger partial charge on any atom is 0.236 e. The molecule has 0 radical (unpaired) electrons. The van der Waals surface area contributed by atoms with E-state index >= 15 is 0 Å². The van der Waals surface area contributed by atoms with Gasteiger partial charge in [-0.2, -0.15) is 5.10 Å². The Kier molecular flexibility index (Phi) is 4.49. The monoisotopic (exact) mass is 306 g/mol. The SMILES string of the molecule is CC1CN(C(=O)CN2CCCC2c2cnn(C)c2)CC(C)O1. The molecule has 3 rings (SSSR count). The van der Waals surface area contributed by atoms with E-state index in [4.69, 9.17) is 4.74 Å². The molecule has 1 amide bonds. The summed E-state index contributed by atoms with van der Waals surface area (Å²) in [5.41, 5.74) is 1.22. The van der Waals surface area contributed by atoms with Gasteiger partial charge < -0.3 is 9.64 Å². The zero-order valence-electron chi connectivity index (χ0n) is 13.7. The first-order chi connectivity index (χ1) is 10.5. The lowest BCUT2D eigenvalue weighted by atomic mass is 10.1. The van der Waals surface area contributed by atoms with Crippen LogP contribution in [-0.2, 0) is 16.6 Å². The third kappa shape index (κ3) is 3.33. The van der Waals surface area contributed by atoms with Crippen molar-refractivity contribution in [1.82, 2.24) is 19.6 Å². The molecule has 0 bridgehead atoms. The molecule has 122 valence electrons. The summed E-state index contributed by atoms with van der Waals surface area (Å²) in [6, 6.07) is 0.327. The van der Waals surface area contributed by atoms with Gasteiger partial charge in [0.1, 0.15) is 0 Å². The summed E-state index contributed by atoms with van der Waals surface area (Å²) in [6.07, 6.45) is 6.48. The Morgan fingerprint density at radius 1 is 1.36 bits per heavy atom. The number of aryl methyl sites for hydroxylation is 1. The van der Waals surface area contributed by atoms with Crippen molar-refractivity contribution < 1.29 is 9.53 Å². The van der Waals surface area contributed by atoms with Crippen LogP contribution in [0.2, 0.25) is 0 Å². The number of carbonyl (C=O) groups excluding carboxylic acids is 1. The smallest absolute Gasteiger partial charge is 0.236 e. The van der Waals surface area contributed by atoms with Gasteiger partial charge in [0, 0.05) is 37.9 Å². The van der Waals surface area contributed by atoms with Crippen LogP contribution < -0.4 is 0 Å². The summed E-state index contributed by atoms with van der Waals surface area (Å²) in [5, 5.41) is 4.26. The largest absolute Gasteiger partial charge is 0.372 e. The zero-order valence-corrected chi connectivity index (χ0v) is 13.7. The highest BCUT2D eigenvalue weighted by Crippen LogP contribution is 2.31. The van der Waals surface area contributed by atoms with Crippen LogP contribution >= 0.6 is 0 Å². The number of rotatable bonds is 3. The second-order valence-corrected chi connectivity index (χ2v) is 6.63. The fraction of sp³-hybridized carbons (Fsp3) is 0.750. The molecule has 0 aromatic carbocycles. The molecule has 0 N–H and O–H groups in total. The van der Waals surface area contributed by atoms with Crippen LogP contribution in [0.15, 0.2) is 12.4 Å². The van der Waals surface area contributed by atoms with Crippen LogP contribution in [0.25, 0.3) is 0 Å². The molecular formula is C16H26N4O2. The van der Waals surface area contributed by atoms with Gasteiger partial charge in [-0.1, -0.05) is 0 Å². The van der Waals surface area contributed by atoms with E-state index in [0.717, 1.165) is 19.4 Å². The molecule has 3 unspecified atom stereocenters. The van der Waals surface area contributed by atoms with Crippen LogP contribution in [0, 0.1) is 0 Å². The van der Waals surface area contributed by atoms with Crippen molar-refractivity contribution in [3.05, 3.63) is 18.0 Å². The number of aromatic nitrogens is 2. The Balaban J connectivity index is 1.63. The molecule has 0 saturated carbocycles. The van der Waals surface area contributed by atoms with Gasteiger partial charge in [0.15, 0.2) is 0 Å². The minimum absolute atomic E-state index is 0.125. The minimum atomic E-state index is 0.125. The van der Waals surface area contributed by atoms with Gasteiger partial charge in [0.25, 0.3) is 0 Å². The lowest BCUT2D eigenvalue weighted by molar-refractivity contribution is -0.144. The molecule has 2 aliphatic rings. The molecule has 6 nitrogen and oxygen atoms in total. The minimum Gasteiger partial charge on any atom is -0.372 e. The maximum absolute atomic E-state index is 12.6. The number of morpholine rings is 1. The standard InChI is InChI=1S/C16H26N4O2/c1-12-8-20(9-13(2)22-12)16(21)11-19-6-4-5-15(19)14-7-17-18(3)10-14/h7,10,12-13,15H,4-6,8-9,11H2,1-3H3. The van der Waals surface area contributed by atoms with Crippen molar-refractivity contribution in [3.8, 4) is 0 Å². The summed E-state index contributed by atoms with van der Waals surface area (Å²) in [6.45, 7) is 6.96. The van der Waals surface area contributed by atoms with Crippen LogP contribution in [0.5, 0.6) is 0 Å². The van der Waals surface area contributed by atoms with Crippen LogP contribution in [0.1, 0.15) is 38.3 Å². The van der Waals surface area contributed by atoms with Gasteiger partial charge in [-0.15, -0.1) is 0 Å². The Labute approximate surface area is 132 Å². The number of carbonyl (C=O) groups is 1. The van der Waals surface area contributed by atoms with Gasteiger partial charge in [-0.05, 0) is 33.2 Å². The van der Waals surface area contributed by atoms with Crippen molar-refractivity contribution >= 4 is 5.91 Å². The van der Waals surface area contributed by atoms with E-state index in [-0.39, 0.29) is 18.1 Å². The number of hydrogen-bond acceptors (Lipinski definition) is 4. The normalized spacial score (nSPS) is 30.0. The van der Waals surface area contributed by atoms with E-state index in [1.165, 1.54) is 5.56 Å². The summed E-state index contributed by atoms with van der Waals surface area (Å²) in [5.74, 6) is 0.220. The number of likely N-dealkylation sites (tertiary alicyclic amines) is 1. The van der Waals surface area contributed by atoms with E-state index in [9.17, 15) is 4.79 Å². The third-order valence-electron chi connectivity index (χ3n) is 4.58. The predicted octanol–water partition coefficient (Wildman–Crippen LogP) is 1.19. The number of hydrogen-bond donors (Lipinski definition) is 0. The van der Waals surface area contributed by atoms with Crippen LogP contribution in [0.4, 0.5) is 0 Å². The third-order valence-corrected chi connectivity index (χ3v) is 4.58. The van der Waals surface area contributed by atoms with Gasteiger partial charge in [0.05, 0.1) is 24.9 Å². The Morgan fingerprint density at radius 3 is 2.73 bits per heavy atom. The molecule has 0 aliphatic carbocycles. The van der Waals surface area contributed by atoms with E-state index in [1.807, 2.05) is 36.7 Å². The quantitative estimate of drug-likeness (QED) is 0.842. The molecule has 3 heterocycles. The summed E-state index contributed by atoms with van der Waals surface area (Å²) >= 11 is 0. The fourth-order valence-corrected chi connectivity index (χ4v) is 3.66. The first-order valence-electron chi connectivity index (χ1n) is 8.18. The first kappa shape index (κ1) is 15.5. The molecule has 22 heavy (non-hydrogen) atoms. The second kappa shape index (κ2) is 6.38. The molecule has 6 heteroatoms. The number of amides is 1. The van der Waals surface area contributed by atoms with Gasteiger partial charge in [0.2, 0.25) is 5.91 Å². The summed E-state index contributed by atoms with van der Waals surface area (Å²) < 4.78 is 7.54. The number of ether oxygens (including phenoxy) is 1. The van der Waals surface area contributed by atoms with Crippen LogP contribution in [0.3, 0.4) is 0 Å². The van der Waals surface area contributed by atoms with Crippen LogP contribution in [-0.4, -0.2) is 63.9 Å². The van der Waals surface area contributed by atoms with E-state index in [2.05, 4.69) is 16.2 Å². The highest BCUT2D eigenvalue weighted by atomic mass is 16.5. The zero-order chi connectivity index (χ0) is 15.7. The molecule has 0 spiro atoms. The van der Waals surface area contributed by atoms with E-state index in [0.29, 0.717) is 25.7 Å². The average molecular weight is 306 g/mol. The van der Waals surface area contributed by atoms with Crippen molar-refractivity contribution in [1.29, 1.82) is 0 Å². The van der Waals surface area contributed by atoms with E-state index < -0.39 is 0 Å². The second-order valence-electron chi connectivity index (χ2n) is 6.63. The summed E-state index contributed by atoms with van der Waals surface area (Å²) in [7, 11) is 1.93. The van der Waals surface area contributed by atoms with Gasteiger partial charge >= 0.3 is 0 Å². The predicted molar refractivity (Wildman–Crippen MR) is 83.3 cm³/mol. The molecule has 1 aromatic rings. The highest BCUT2D eigenvalue weighted by molar-refractivity contribution is 5.78. The molecular weight excluding hydrogens is 280 g/mol. The lowest BCUT2D eigenvalue weighted by Gasteiger charge is -2.36. The molecule has 2 fully saturated rings. The molecule has 2 aliphatic heterocycles. The Morgan fingerprint density at radius 2 is 2.09 bits per heavy atom. The van der Waals surface area contributed by atoms with E-state index in [1.54, 1.807) is 0 Å². The fourth-order valence-electron chi connectivity index (χ4n) is 3.66. The van der Waals surface area contributed by atoms with Crippen molar-refractivity contribution in [3.63, 3.8) is 0 Å². The Hall–Kier alpha value is -1.40. The highest BCUT2D eigenvalue weighted by Gasteiger charge is 2.32. The van der Waals surface area contributed by atoms with Crippen molar-refractivity contribution in [2.75, 3.05) is 26.2 Å². The van der Waals surface area contributed by atoms with Gasteiger partial charge in [-0.3, -0.25) is 14.4 Å². The van der Waals surface area contributed by atoms with Gasteiger partial charge in [-0.25, -0.2) is 0 Å². The maximum atomic E-state index is 12.6. The summed E-state index contributed by atoms with van der Waals surface area (Å²) in [4.78, 5) is 16.9.